The fourth-order valence-corrected chi connectivity index (χ4v) is 4.10. The number of alkyl halides is 1. The maximum absolute atomic E-state index is 11.4. The first-order chi connectivity index (χ1) is 15.3. The Morgan fingerprint density at radius 1 is 1.27 bits per heavy atom. The number of allylic oxidation sites excluding steroid dienone is 2. The molecule has 0 radical (unpaired) electrons. The van der Waals surface area contributed by atoms with E-state index in [1.165, 1.54) is 22.9 Å². The van der Waals surface area contributed by atoms with Gasteiger partial charge in [-0.2, -0.15) is 0 Å². The van der Waals surface area contributed by atoms with Crippen LogP contribution in [0.4, 0.5) is 0 Å². The van der Waals surface area contributed by atoms with Crippen LogP contribution in [0.1, 0.15) is 26.2 Å². The van der Waals surface area contributed by atoms with Gasteiger partial charge in [-0.1, -0.05) is 31.3 Å². The van der Waals surface area contributed by atoms with Gasteiger partial charge in [0.1, 0.15) is 6.73 Å². The lowest BCUT2D eigenvalue weighted by Gasteiger charge is -2.29. The highest BCUT2D eigenvalue weighted by atomic mass is 35.5. The average Bonchev–Trinajstić information content (AvgIpc) is 2.70. The molecule has 0 saturated carbocycles. The molecule has 0 bridgehead atoms. The van der Waals surface area contributed by atoms with Gasteiger partial charge in [0.15, 0.2) is 0 Å². The molecule has 1 atom stereocenters. The Bertz CT molecular complexity index is 1010. The number of hydrogen-bond donors (Lipinski definition) is 3. The summed E-state index contributed by atoms with van der Waals surface area (Å²) in [6.45, 7) is 9.36. The van der Waals surface area contributed by atoms with E-state index in [0.717, 1.165) is 6.04 Å². The van der Waals surface area contributed by atoms with E-state index in [9.17, 15) is 24.3 Å². The van der Waals surface area contributed by atoms with E-state index in [4.69, 9.17) is 21.4 Å². The zero-order chi connectivity index (χ0) is 25.2. The van der Waals surface area contributed by atoms with Crippen LogP contribution in [-0.4, -0.2) is 52.3 Å². The van der Waals surface area contributed by atoms with Gasteiger partial charge in [-0.3, -0.25) is 19.1 Å². The Balaban J connectivity index is 0.000000331. The SMILES string of the molecule is CC1=CC(CCCCl)(C(=O)O)CC(C(=O)O)=C1.C[Si](C)(C)CCOCn1ccc(=O)[nH]c1=O. The second kappa shape index (κ2) is 12.7. The summed E-state index contributed by atoms with van der Waals surface area (Å²) in [6.07, 6.45) is 5.51. The number of H-pyrrole nitrogens is 1. The van der Waals surface area contributed by atoms with Crippen molar-refractivity contribution in [1.82, 2.24) is 9.55 Å². The number of hydrogen-bond acceptors (Lipinski definition) is 5. The molecule has 0 aliphatic heterocycles. The van der Waals surface area contributed by atoms with Crippen LogP contribution >= 0.6 is 11.6 Å². The van der Waals surface area contributed by atoms with Crippen molar-refractivity contribution in [3.63, 3.8) is 0 Å². The molecule has 1 unspecified atom stereocenters. The van der Waals surface area contributed by atoms with Crippen molar-refractivity contribution in [3.8, 4) is 0 Å². The van der Waals surface area contributed by atoms with Crippen molar-refractivity contribution >= 4 is 31.6 Å². The zero-order valence-corrected chi connectivity index (χ0v) is 21.3. The highest BCUT2D eigenvalue weighted by molar-refractivity contribution is 6.76. The lowest BCUT2D eigenvalue weighted by Crippen LogP contribution is -2.33. The summed E-state index contributed by atoms with van der Waals surface area (Å²) in [6, 6.07) is 2.37. The minimum absolute atomic E-state index is 0.0197. The molecule has 9 nitrogen and oxygen atoms in total. The number of nitrogens with zero attached hydrogens (tertiary/aromatic N) is 1. The summed E-state index contributed by atoms with van der Waals surface area (Å²) in [5.41, 5.74) is -1.13. The number of aromatic nitrogens is 2. The molecule has 2 rings (SSSR count). The molecule has 1 aliphatic rings. The van der Waals surface area contributed by atoms with E-state index in [0.29, 0.717) is 30.9 Å². The van der Waals surface area contributed by atoms with Crippen LogP contribution in [-0.2, 0) is 21.1 Å². The van der Waals surface area contributed by atoms with Crippen LogP contribution < -0.4 is 11.2 Å². The van der Waals surface area contributed by atoms with Crippen molar-refractivity contribution in [2.24, 2.45) is 5.41 Å². The van der Waals surface area contributed by atoms with Crippen LogP contribution in [0.3, 0.4) is 0 Å². The van der Waals surface area contributed by atoms with Crippen LogP contribution in [0.25, 0.3) is 0 Å². The monoisotopic (exact) mass is 500 g/mol. The van der Waals surface area contributed by atoms with Gasteiger partial charge in [0.05, 0.1) is 5.41 Å². The van der Waals surface area contributed by atoms with E-state index in [1.54, 1.807) is 13.0 Å². The number of ether oxygens (including phenoxy) is 1. The largest absolute Gasteiger partial charge is 0.481 e. The van der Waals surface area contributed by atoms with Crippen molar-refractivity contribution in [3.05, 3.63) is 56.4 Å². The Morgan fingerprint density at radius 3 is 2.45 bits per heavy atom. The smallest absolute Gasteiger partial charge is 0.331 e. The maximum atomic E-state index is 11.4. The van der Waals surface area contributed by atoms with Gasteiger partial charge in [0.25, 0.3) is 5.56 Å². The fraction of sp³-hybridized carbons (Fsp3) is 0.545. The lowest BCUT2D eigenvalue weighted by molar-refractivity contribution is -0.146. The summed E-state index contributed by atoms with van der Waals surface area (Å²) in [7, 11) is -1.09. The highest BCUT2D eigenvalue weighted by Gasteiger charge is 2.39. The quantitative estimate of drug-likeness (QED) is 0.254. The predicted molar refractivity (Wildman–Crippen MR) is 130 cm³/mol. The molecule has 0 spiro atoms. The molecule has 1 aromatic heterocycles. The van der Waals surface area contributed by atoms with Gasteiger partial charge in [0.2, 0.25) is 0 Å². The Morgan fingerprint density at radius 2 is 1.94 bits per heavy atom. The second-order valence-electron chi connectivity index (χ2n) is 9.22. The number of halogens is 1. The molecule has 184 valence electrons. The Hall–Kier alpha value is -2.43. The van der Waals surface area contributed by atoms with Gasteiger partial charge in [-0.15, -0.1) is 11.6 Å². The van der Waals surface area contributed by atoms with Crippen LogP contribution in [0, 0.1) is 5.41 Å². The molecule has 1 heterocycles. The number of carboxylic acid groups (broad SMARTS) is 2. The van der Waals surface area contributed by atoms with Crippen molar-refractivity contribution in [2.75, 3.05) is 12.5 Å². The fourth-order valence-electron chi connectivity index (χ4n) is 3.21. The number of aliphatic carboxylic acids is 2. The topological polar surface area (TPSA) is 139 Å². The third-order valence-electron chi connectivity index (χ3n) is 4.99. The van der Waals surface area contributed by atoms with Gasteiger partial charge >= 0.3 is 17.6 Å². The molecule has 1 aliphatic carbocycles. The number of rotatable bonds is 10. The molecule has 11 heteroatoms. The van der Waals surface area contributed by atoms with E-state index in [-0.39, 0.29) is 24.3 Å². The molecular weight excluding hydrogens is 468 g/mol. The van der Waals surface area contributed by atoms with Crippen LogP contribution in [0.2, 0.25) is 25.7 Å². The Kier molecular flexibility index (Phi) is 11.0. The van der Waals surface area contributed by atoms with E-state index in [1.807, 2.05) is 0 Å². The molecule has 0 saturated heterocycles. The number of carbonyl (C=O) groups is 2. The van der Waals surface area contributed by atoms with Crippen molar-refractivity contribution in [2.45, 2.75) is 58.6 Å². The molecule has 33 heavy (non-hydrogen) atoms. The molecule has 0 aromatic carbocycles. The normalized spacial score (nSPS) is 18.0. The molecule has 3 N–H and O–H groups in total. The molecule has 0 fully saturated rings. The number of nitrogens with one attached hydrogen (secondary N) is 1. The minimum atomic E-state index is -1.12. The minimum Gasteiger partial charge on any atom is -0.481 e. The van der Waals surface area contributed by atoms with Crippen LogP contribution in [0.15, 0.2) is 45.2 Å². The first-order valence-corrected chi connectivity index (χ1v) is 14.8. The summed E-state index contributed by atoms with van der Waals surface area (Å²) >= 11 is 5.58. The van der Waals surface area contributed by atoms with Crippen molar-refractivity contribution in [1.29, 1.82) is 0 Å². The summed E-state index contributed by atoms with van der Waals surface area (Å²) in [5.74, 6) is -1.68. The van der Waals surface area contributed by atoms with Gasteiger partial charge in [-0.05, 0) is 38.3 Å². The predicted octanol–water partition coefficient (Wildman–Crippen LogP) is 3.29. The van der Waals surface area contributed by atoms with E-state index >= 15 is 0 Å². The average molecular weight is 501 g/mol. The Labute approximate surface area is 198 Å². The lowest BCUT2D eigenvalue weighted by atomic mass is 9.73. The summed E-state index contributed by atoms with van der Waals surface area (Å²) in [5, 5.41) is 18.3. The van der Waals surface area contributed by atoms with Crippen LogP contribution in [0.5, 0.6) is 0 Å². The third-order valence-corrected chi connectivity index (χ3v) is 6.96. The second-order valence-corrected chi connectivity index (χ2v) is 15.2. The third kappa shape index (κ3) is 9.93. The van der Waals surface area contributed by atoms with E-state index in [2.05, 4.69) is 24.6 Å². The van der Waals surface area contributed by atoms with E-state index < -0.39 is 31.1 Å². The maximum Gasteiger partial charge on any atom is 0.331 e. The van der Waals surface area contributed by atoms with Gasteiger partial charge in [-0.25, -0.2) is 9.59 Å². The first kappa shape index (κ1) is 28.6. The number of aromatic amines is 1. The molecule has 0 amide bonds. The van der Waals surface area contributed by atoms with Gasteiger partial charge in [0, 0.05) is 38.4 Å². The zero-order valence-electron chi connectivity index (χ0n) is 19.5. The highest BCUT2D eigenvalue weighted by Crippen LogP contribution is 2.38. The summed E-state index contributed by atoms with van der Waals surface area (Å²) in [4.78, 5) is 46.6. The molecular formula is C22H33ClN2O7Si. The first-order valence-electron chi connectivity index (χ1n) is 10.6. The molecule has 1 aromatic rings. The van der Waals surface area contributed by atoms with Gasteiger partial charge < -0.3 is 14.9 Å². The number of carboxylic acids is 2. The standard InChI is InChI=1S/C12H15ClO4.C10H18N2O3Si/c1-8-5-9(10(14)15)7-12(6-8,11(16)17)3-2-4-13;1-16(2,3)7-6-15-8-12-5-4-9(13)11-10(12)14/h5-6H,2-4,7H2,1H3,(H,14,15)(H,16,17);4-5H,6-8H2,1-3H3,(H,11,13,14). The summed E-state index contributed by atoms with van der Waals surface area (Å²) < 4.78 is 6.73. The van der Waals surface area contributed by atoms with Crippen molar-refractivity contribution < 1.29 is 24.5 Å².